The van der Waals surface area contributed by atoms with Crippen LogP contribution in [-0.4, -0.2) is 22.3 Å². The Kier molecular flexibility index (Phi) is 5.39. The van der Waals surface area contributed by atoms with Gasteiger partial charge in [-0.25, -0.2) is 4.39 Å². The fourth-order valence-corrected chi connectivity index (χ4v) is 3.91. The Balaban J connectivity index is 1.39. The molecule has 1 aromatic heterocycles. The molecule has 0 aliphatic carbocycles. The molecule has 7 nitrogen and oxygen atoms in total. The van der Waals surface area contributed by atoms with Gasteiger partial charge in [0.2, 0.25) is 6.79 Å². The maximum atomic E-state index is 13.1. The summed E-state index contributed by atoms with van der Waals surface area (Å²) in [4.78, 5) is 28.7. The van der Waals surface area contributed by atoms with Crippen molar-refractivity contribution >= 4 is 29.0 Å². The van der Waals surface area contributed by atoms with Crippen molar-refractivity contribution < 1.29 is 18.7 Å². The van der Waals surface area contributed by atoms with Crippen molar-refractivity contribution in [1.29, 1.82) is 0 Å². The smallest absolute Gasteiger partial charge is 0.262 e. The Morgan fingerprint density at radius 2 is 1.79 bits per heavy atom. The lowest BCUT2D eigenvalue weighted by molar-refractivity contribution is 0.0951. The Morgan fingerprint density at radius 1 is 1.03 bits per heavy atom. The van der Waals surface area contributed by atoms with Gasteiger partial charge in [-0.3, -0.25) is 14.2 Å². The molecule has 1 aliphatic heterocycles. The fraction of sp³-hybridized carbons (Fsp3) is 0.125. The first-order valence-corrected chi connectivity index (χ1v) is 10.6. The second-order valence-corrected chi connectivity index (χ2v) is 7.97. The molecule has 0 unspecified atom stereocenters. The summed E-state index contributed by atoms with van der Waals surface area (Å²) in [7, 11) is 0. The van der Waals surface area contributed by atoms with Crippen molar-refractivity contribution in [2.45, 2.75) is 13.1 Å². The third kappa shape index (κ3) is 4.22. The molecule has 0 bridgehead atoms. The molecule has 0 fully saturated rings. The number of nitrogens with zero attached hydrogens (tertiary/aromatic N) is 1. The van der Waals surface area contributed by atoms with E-state index < -0.39 is 0 Å². The summed E-state index contributed by atoms with van der Waals surface area (Å²) in [5.74, 6) is 0.650. The molecule has 33 heavy (non-hydrogen) atoms. The molecule has 4 aromatic rings. The molecular formula is C24H18FN3O4S. The van der Waals surface area contributed by atoms with Crippen LogP contribution in [0.2, 0.25) is 0 Å². The van der Waals surface area contributed by atoms with Gasteiger partial charge in [0.15, 0.2) is 16.3 Å². The van der Waals surface area contributed by atoms with Crippen LogP contribution in [-0.2, 0) is 13.1 Å². The van der Waals surface area contributed by atoms with Crippen LogP contribution < -0.4 is 20.3 Å². The number of halogens is 1. The van der Waals surface area contributed by atoms with E-state index in [4.69, 9.17) is 21.7 Å². The van der Waals surface area contributed by atoms with Crippen molar-refractivity contribution in [1.82, 2.24) is 14.9 Å². The minimum atomic E-state index is -0.334. The predicted molar refractivity (Wildman–Crippen MR) is 123 cm³/mol. The van der Waals surface area contributed by atoms with E-state index in [0.29, 0.717) is 28.0 Å². The quantitative estimate of drug-likeness (QED) is 0.439. The molecule has 5 rings (SSSR count). The van der Waals surface area contributed by atoms with Gasteiger partial charge < -0.3 is 19.8 Å². The molecule has 0 saturated heterocycles. The van der Waals surface area contributed by atoms with E-state index in [2.05, 4.69) is 10.3 Å². The van der Waals surface area contributed by atoms with Gasteiger partial charge in [0.25, 0.3) is 11.5 Å². The normalized spacial score (nSPS) is 12.2. The Hall–Kier alpha value is -3.98. The van der Waals surface area contributed by atoms with E-state index in [1.165, 1.54) is 16.7 Å². The molecule has 1 aliphatic rings. The molecule has 9 heteroatoms. The summed E-state index contributed by atoms with van der Waals surface area (Å²) in [6, 6.07) is 16.2. The van der Waals surface area contributed by atoms with Gasteiger partial charge in [0, 0.05) is 12.1 Å². The minimum Gasteiger partial charge on any atom is -0.454 e. The zero-order valence-corrected chi connectivity index (χ0v) is 18.1. The van der Waals surface area contributed by atoms with Crippen LogP contribution in [0.3, 0.4) is 0 Å². The number of nitrogens with one attached hydrogen (secondary N) is 2. The van der Waals surface area contributed by atoms with E-state index in [-0.39, 0.29) is 41.9 Å². The lowest BCUT2D eigenvalue weighted by Crippen LogP contribution is -2.24. The van der Waals surface area contributed by atoms with Crippen LogP contribution in [0.25, 0.3) is 10.9 Å². The Morgan fingerprint density at radius 3 is 2.61 bits per heavy atom. The number of carbonyl (C=O) groups is 1. The first-order valence-electron chi connectivity index (χ1n) is 10.2. The third-order valence-corrected chi connectivity index (χ3v) is 5.71. The summed E-state index contributed by atoms with van der Waals surface area (Å²) >= 11 is 5.42. The van der Waals surface area contributed by atoms with Crippen molar-refractivity contribution in [3.05, 3.63) is 98.3 Å². The molecule has 166 valence electrons. The summed E-state index contributed by atoms with van der Waals surface area (Å²) in [5, 5.41) is 3.20. The van der Waals surface area contributed by atoms with Gasteiger partial charge >= 0.3 is 0 Å². The molecule has 0 atom stereocenters. The highest BCUT2D eigenvalue weighted by Crippen LogP contribution is 2.32. The third-order valence-electron chi connectivity index (χ3n) is 5.39. The molecule has 0 radical (unpaired) electrons. The van der Waals surface area contributed by atoms with Crippen molar-refractivity contribution in [3.8, 4) is 11.5 Å². The molecule has 3 aromatic carbocycles. The molecule has 2 N–H and O–H groups in total. The van der Waals surface area contributed by atoms with Crippen molar-refractivity contribution in [2.75, 3.05) is 6.79 Å². The number of ether oxygens (including phenoxy) is 2. The number of hydrogen-bond acceptors (Lipinski definition) is 5. The maximum Gasteiger partial charge on any atom is 0.262 e. The highest BCUT2D eigenvalue weighted by atomic mass is 32.1. The van der Waals surface area contributed by atoms with E-state index in [1.54, 1.807) is 36.4 Å². The van der Waals surface area contributed by atoms with E-state index >= 15 is 0 Å². The number of aromatic amines is 1. The number of amides is 1. The number of H-pyrrole nitrogens is 1. The number of aromatic nitrogens is 2. The molecule has 0 saturated carbocycles. The number of hydrogen-bond donors (Lipinski definition) is 2. The topological polar surface area (TPSA) is 85.3 Å². The number of benzene rings is 3. The van der Waals surface area contributed by atoms with E-state index in [1.807, 2.05) is 12.1 Å². The van der Waals surface area contributed by atoms with Gasteiger partial charge in [-0.05, 0) is 65.8 Å². The monoisotopic (exact) mass is 463 g/mol. The van der Waals surface area contributed by atoms with Crippen LogP contribution in [0.5, 0.6) is 11.5 Å². The summed E-state index contributed by atoms with van der Waals surface area (Å²) in [5.41, 5.74) is 2.21. The summed E-state index contributed by atoms with van der Waals surface area (Å²) < 4.78 is 25.5. The fourth-order valence-electron chi connectivity index (χ4n) is 3.65. The predicted octanol–water partition coefficient (Wildman–Crippen LogP) is 3.91. The zero-order valence-electron chi connectivity index (χ0n) is 17.3. The Bertz CT molecular complexity index is 1490. The second kappa shape index (κ2) is 8.51. The minimum absolute atomic E-state index is 0.175. The van der Waals surface area contributed by atoms with Crippen LogP contribution in [0.15, 0.2) is 65.5 Å². The van der Waals surface area contributed by atoms with Crippen molar-refractivity contribution in [2.24, 2.45) is 0 Å². The highest BCUT2D eigenvalue weighted by molar-refractivity contribution is 7.71. The molecule has 0 spiro atoms. The summed E-state index contributed by atoms with van der Waals surface area (Å²) in [6.07, 6.45) is 0. The summed E-state index contributed by atoms with van der Waals surface area (Å²) in [6.45, 7) is 0.694. The van der Waals surface area contributed by atoms with Crippen LogP contribution in [0.1, 0.15) is 21.5 Å². The highest BCUT2D eigenvalue weighted by Gasteiger charge is 2.15. The van der Waals surface area contributed by atoms with Gasteiger partial charge in [-0.15, -0.1) is 0 Å². The van der Waals surface area contributed by atoms with Crippen molar-refractivity contribution in [3.63, 3.8) is 0 Å². The van der Waals surface area contributed by atoms with E-state index in [9.17, 15) is 14.0 Å². The molecule has 1 amide bonds. The largest absolute Gasteiger partial charge is 0.454 e. The van der Waals surface area contributed by atoms with Crippen LogP contribution in [0, 0.1) is 10.6 Å². The average molecular weight is 463 g/mol. The molecular weight excluding hydrogens is 445 g/mol. The van der Waals surface area contributed by atoms with Gasteiger partial charge in [-0.2, -0.15) is 0 Å². The van der Waals surface area contributed by atoms with Gasteiger partial charge in [0.1, 0.15) is 5.82 Å². The van der Waals surface area contributed by atoms with Crippen LogP contribution in [0.4, 0.5) is 4.39 Å². The second-order valence-electron chi connectivity index (χ2n) is 7.58. The zero-order chi connectivity index (χ0) is 22.9. The lowest BCUT2D eigenvalue weighted by atomic mass is 10.1. The van der Waals surface area contributed by atoms with Gasteiger partial charge in [0.05, 0.1) is 17.4 Å². The first kappa shape index (κ1) is 20.9. The van der Waals surface area contributed by atoms with Crippen LogP contribution >= 0.6 is 12.2 Å². The average Bonchev–Trinajstić information content (AvgIpc) is 3.29. The SMILES string of the molecule is O=C(NCc1ccc(F)cc1)c1ccc2c(=O)n(Cc3ccc4c(c3)OCO4)c(=S)[nH]c2c1. The lowest BCUT2D eigenvalue weighted by Gasteiger charge is -2.10. The van der Waals surface area contributed by atoms with Gasteiger partial charge in [-0.1, -0.05) is 18.2 Å². The standard InChI is InChI=1S/C24H18FN3O4S/c25-17-5-1-14(2-6-17)11-26-22(29)16-4-7-18-19(10-16)27-24(33)28(23(18)30)12-15-3-8-20-21(9-15)32-13-31-20/h1-10H,11-13H2,(H,26,29)(H,27,33). The number of carbonyl (C=O) groups excluding carboxylic acids is 1. The number of rotatable bonds is 5. The number of fused-ring (bicyclic) bond motifs is 2. The molecule has 2 heterocycles. The van der Waals surface area contributed by atoms with E-state index in [0.717, 1.165) is 11.1 Å². The Labute approximate surface area is 192 Å². The maximum absolute atomic E-state index is 13.1. The first-order chi connectivity index (χ1) is 16.0.